The topological polar surface area (TPSA) is 0 Å². The van der Waals surface area contributed by atoms with Crippen LogP contribution in [0.15, 0.2) is 297 Å². The highest BCUT2D eigenvalue weighted by Crippen LogP contribution is 2.39. The minimum absolute atomic E-state index is 0.992. The molecule has 15 atom stereocenters. The summed E-state index contributed by atoms with van der Waals surface area (Å²) in [6.45, 7) is 13.1. The standard InChI is InChI=1S/C23H27P3.C22H25P3.3C21H23P3/c1-15-7-21(17-3-5-19(12-24)16(2)9-17)11-22(8-15)18-4-6-20(13-25)23(10-18)14-26;1-15-2-5-18(17-6-3-16(12-23)4-7-17)11-22(15)19-8-9-20(13-24)21(10-19)14-25;1-14-8-18(15-4-6-21(24)7-5-15)11-19(9-14)16-2-3-17(12-22)20(10-16)13-23;1-14-9-20(24)7-8-21(14)17-4-2-3-15(10-17)16-5-6-18(12-22)19(11-16)13-23;1-14-9-17(7-8-21(14)24)15-3-2-4-16(10-15)18-5-6-19(12-22)20(11-18)13-23/h3-11H,12-14,24-26H2,1-2H3;2-11H,12-14,23-25H2,1H3;3*2-11H,12-13,22-24H2,1H3. The quantitative estimate of drug-likeness (QED) is 0.0593. The molecule has 0 saturated carbocycles. The average Bonchev–Trinajstić information content (AvgIpc) is 0.800. The SMILES string of the molecule is Cc1cc(-c2ccc(CP)c(C)c2)cc(-c2ccc(CP)c(CP)c2)c1.Cc1cc(-c2ccc(P)cc2)cc(-c2ccc(CP)c(CP)c2)c1.Cc1cc(-c2cccc(-c3ccc(CP)c(CP)c3)c2)ccc1P.Cc1cc(P)ccc1-c1cccc(-c2ccc(CP)c(CP)c2)c1.Cc1ccc(-c2ccc(CP)cc2)cc1-c1ccc(CP)c(CP)c1. The molecular formula is C108H121P15. The van der Waals surface area contributed by atoms with E-state index in [9.17, 15) is 0 Å². The molecular weight excluding hydrogens is 1760 g/mol. The third-order valence-electron chi connectivity index (χ3n) is 22.8. The minimum Gasteiger partial charge on any atom is -0.133 e. The van der Waals surface area contributed by atoms with Crippen LogP contribution in [0, 0.1) is 41.5 Å². The Morgan fingerprint density at radius 3 is 0.854 bits per heavy atom. The Morgan fingerprint density at radius 1 is 0.163 bits per heavy atom. The Bertz CT molecular complexity index is 6110. The number of hydrogen-bond acceptors (Lipinski definition) is 0. The molecule has 15 unspecified atom stereocenters. The van der Waals surface area contributed by atoms with Gasteiger partial charge < -0.3 is 0 Å². The van der Waals surface area contributed by atoms with Gasteiger partial charge in [-0.05, 0) is 373 Å². The first-order chi connectivity index (χ1) is 59.5. The molecule has 15 aromatic carbocycles. The summed E-state index contributed by atoms with van der Waals surface area (Å²) in [6, 6.07) is 110. The molecule has 0 radical (unpaired) electrons. The van der Waals surface area contributed by atoms with E-state index in [2.05, 4.69) is 477 Å². The fraction of sp³-hybridized carbons (Fsp3) is 0.167. The number of rotatable bonds is 22. The summed E-state index contributed by atoms with van der Waals surface area (Å²) in [5, 5.41) is 3.70. The van der Waals surface area contributed by atoms with E-state index in [1.165, 1.54) is 227 Å². The maximum Gasteiger partial charge on any atom is -0.0125 e. The van der Waals surface area contributed by atoms with Gasteiger partial charge in [0.25, 0.3) is 0 Å². The van der Waals surface area contributed by atoms with Crippen LogP contribution in [0.3, 0.4) is 0 Å². The number of aryl methyl sites for hydroxylation is 6. The number of hydrogen-bond donors (Lipinski definition) is 0. The molecule has 15 aromatic rings. The molecule has 0 N–H and O–H groups in total. The van der Waals surface area contributed by atoms with Crippen molar-refractivity contribution in [2.45, 2.75) is 115 Å². The van der Waals surface area contributed by atoms with Gasteiger partial charge in [0.05, 0.1) is 0 Å². The van der Waals surface area contributed by atoms with E-state index in [0.717, 1.165) is 73.9 Å². The zero-order valence-electron chi connectivity index (χ0n) is 71.9. The molecule has 0 heterocycles. The zero-order valence-corrected chi connectivity index (χ0v) is 89.3. The highest BCUT2D eigenvalue weighted by Gasteiger charge is 2.15. The molecule has 15 rings (SSSR count). The van der Waals surface area contributed by atoms with E-state index in [-0.39, 0.29) is 0 Å². The molecule has 0 aliphatic heterocycles. The van der Waals surface area contributed by atoms with Crippen LogP contribution in [0.1, 0.15) is 100 Å². The van der Waals surface area contributed by atoms with Crippen molar-refractivity contribution in [1.29, 1.82) is 0 Å². The molecule has 0 bridgehead atoms. The van der Waals surface area contributed by atoms with Crippen LogP contribution >= 0.6 is 139 Å². The Kier molecular flexibility index (Phi) is 39.1. The Hall–Kier alpha value is -5.25. The van der Waals surface area contributed by atoms with Gasteiger partial charge in [-0.3, -0.25) is 0 Å². The maximum atomic E-state index is 2.86. The lowest BCUT2D eigenvalue weighted by molar-refractivity contribution is 1.28. The Morgan fingerprint density at radius 2 is 0.447 bits per heavy atom. The van der Waals surface area contributed by atoms with E-state index in [4.69, 9.17) is 0 Å². The van der Waals surface area contributed by atoms with Crippen LogP contribution in [0.4, 0.5) is 0 Å². The van der Waals surface area contributed by atoms with E-state index in [1.54, 1.807) is 0 Å². The normalized spacial score (nSPS) is 10.9. The molecule has 0 spiro atoms. The summed E-state index contributed by atoms with van der Waals surface area (Å²) in [5.74, 6) is 0. The molecule has 0 fully saturated rings. The maximum absolute atomic E-state index is 2.86. The second kappa shape index (κ2) is 49.0. The highest BCUT2D eigenvalue weighted by molar-refractivity contribution is 7.28. The van der Waals surface area contributed by atoms with Gasteiger partial charge >= 0.3 is 0 Å². The van der Waals surface area contributed by atoms with Crippen molar-refractivity contribution in [2.24, 2.45) is 0 Å². The molecule has 15 heteroatoms. The van der Waals surface area contributed by atoms with E-state index < -0.39 is 0 Å². The Labute approximate surface area is 772 Å². The Balaban J connectivity index is 0.000000150. The minimum atomic E-state index is 0.992. The first kappa shape index (κ1) is 98.3. The van der Waals surface area contributed by atoms with Crippen molar-refractivity contribution in [3.8, 4) is 111 Å². The predicted molar refractivity (Wildman–Crippen MR) is 604 cm³/mol. The lowest BCUT2D eigenvalue weighted by Crippen LogP contribution is -1.95. The van der Waals surface area contributed by atoms with E-state index in [0.29, 0.717) is 0 Å². The van der Waals surface area contributed by atoms with Gasteiger partial charge in [0.1, 0.15) is 0 Å². The molecule has 0 nitrogen and oxygen atoms in total. The molecule has 0 amide bonds. The summed E-state index contributed by atoms with van der Waals surface area (Å²) in [4.78, 5) is 0. The second-order valence-corrected chi connectivity index (χ2v) is 38.2. The second-order valence-electron chi connectivity index (χ2n) is 31.3. The van der Waals surface area contributed by atoms with Gasteiger partial charge in [0.2, 0.25) is 0 Å². The third-order valence-corrected chi connectivity index (χ3v) is 29.5. The zero-order chi connectivity index (χ0) is 87.8. The summed E-state index contributed by atoms with van der Waals surface area (Å²) >= 11 is 0. The summed E-state index contributed by atoms with van der Waals surface area (Å²) in [7, 11) is 42.3. The lowest BCUT2D eigenvalue weighted by Gasteiger charge is -2.13. The van der Waals surface area contributed by atoms with Crippen molar-refractivity contribution < 1.29 is 0 Å². The average molecular weight is 1880 g/mol. The van der Waals surface area contributed by atoms with Gasteiger partial charge in [-0.15, -0.1) is 139 Å². The van der Waals surface area contributed by atoms with Crippen LogP contribution < -0.4 is 15.9 Å². The van der Waals surface area contributed by atoms with Gasteiger partial charge in [-0.25, -0.2) is 0 Å². The molecule has 628 valence electrons. The van der Waals surface area contributed by atoms with Crippen molar-refractivity contribution in [2.75, 3.05) is 0 Å². The molecule has 123 heavy (non-hydrogen) atoms. The van der Waals surface area contributed by atoms with Gasteiger partial charge in [0.15, 0.2) is 0 Å². The van der Waals surface area contributed by atoms with E-state index in [1.807, 2.05) is 0 Å². The van der Waals surface area contributed by atoms with Crippen LogP contribution in [-0.4, -0.2) is 0 Å². The third kappa shape index (κ3) is 26.7. The van der Waals surface area contributed by atoms with Crippen molar-refractivity contribution in [3.05, 3.63) is 397 Å². The smallest absolute Gasteiger partial charge is 0.0125 e. The first-order valence-electron chi connectivity index (χ1n) is 41.9. The fourth-order valence-corrected chi connectivity index (χ4v) is 20.9. The summed E-state index contributed by atoms with van der Waals surface area (Å²) < 4.78 is 0. The molecule has 0 aliphatic carbocycles. The largest absolute Gasteiger partial charge is 0.133 e. The molecule has 0 saturated heterocycles. The summed E-state index contributed by atoms with van der Waals surface area (Å²) in [5.41, 5.74) is 50.4. The van der Waals surface area contributed by atoms with Crippen LogP contribution in [0.5, 0.6) is 0 Å². The van der Waals surface area contributed by atoms with Crippen LogP contribution in [0.2, 0.25) is 0 Å². The monoisotopic (exact) mass is 1880 g/mol. The lowest BCUT2D eigenvalue weighted by atomic mass is 9.93. The molecule has 0 aromatic heterocycles. The summed E-state index contributed by atoms with van der Waals surface area (Å²) in [6.07, 6.45) is 12.0. The van der Waals surface area contributed by atoms with Gasteiger partial charge in [0, 0.05) is 0 Å². The molecule has 0 aliphatic rings. The van der Waals surface area contributed by atoms with E-state index >= 15 is 0 Å². The van der Waals surface area contributed by atoms with Gasteiger partial charge in [-0.1, -0.05) is 267 Å². The van der Waals surface area contributed by atoms with Crippen molar-refractivity contribution in [3.63, 3.8) is 0 Å². The number of benzene rings is 15. The highest BCUT2D eigenvalue weighted by atomic mass is 31.0. The van der Waals surface area contributed by atoms with Gasteiger partial charge in [-0.2, -0.15) is 0 Å². The van der Waals surface area contributed by atoms with Crippen molar-refractivity contribution >= 4 is 155 Å². The predicted octanol–water partition coefficient (Wildman–Crippen LogP) is 30.0. The van der Waals surface area contributed by atoms with Crippen molar-refractivity contribution in [1.82, 2.24) is 0 Å². The first-order valence-corrected chi connectivity index (χ1v) is 53.4. The van der Waals surface area contributed by atoms with Crippen LogP contribution in [-0.2, 0) is 73.9 Å². The van der Waals surface area contributed by atoms with Crippen LogP contribution in [0.25, 0.3) is 111 Å². The fourth-order valence-electron chi connectivity index (χ4n) is 15.5.